The Morgan fingerprint density at radius 2 is 1.85 bits per heavy atom. The minimum Gasteiger partial charge on any atom is -0.366 e. The highest BCUT2D eigenvalue weighted by molar-refractivity contribution is 7.92. The van der Waals surface area contributed by atoms with E-state index in [9.17, 15) is 21.6 Å². The van der Waals surface area contributed by atoms with Gasteiger partial charge in [0.15, 0.2) is 0 Å². The Labute approximate surface area is 115 Å². The molecule has 0 amide bonds. The first-order chi connectivity index (χ1) is 9.23. The van der Waals surface area contributed by atoms with Gasteiger partial charge < -0.3 is 10.2 Å². The van der Waals surface area contributed by atoms with Crippen molar-refractivity contribution < 1.29 is 21.6 Å². The number of halogens is 3. The summed E-state index contributed by atoms with van der Waals surface area (Å²) in [4.78, 5) is 1.30. The molecule has 2 rings (SSSR count). The molecule has 0 spiro atoms. The van der Waals surface area contributed by atoms with Crippen molar-refractivity contribution in [3.05, 3.63) is 24.3 Å². The van der Waals surface area contributed by atoms with Gasteiger partial charge in [-0.3, -0.25) is 0 Å². The number of rotatable bonds is 2. The molecule has 0 aliphatic carbocycles. The molecule has 1 fully saturated rings. The fourth-order valence-electron chi connectivity index (χ4n) is 2.18. The predicted molar refractivity (Wildman–Crippen MR) is 69.4 cm³/mol. The summed E-state index contributed by atoms with van der Waals surface area (Å²) in [6.07, 6.45) is 0. The number of nitrogens with one attached hydrogen (secondary N) is 1. The minimum atomic E-state index is -5.27. The summed E-state index contributed by atoms with van der Waals surface area (Å²) in [6, 6.07) is 5.05. The lowest BCUT2D eigenvalue weighted by atomic mass is 10.2. The third kappa shape index (κ3) is 2.76. The van der Waals surface area contributed by atoms with E-state index in [1.807, 2.05) is 11.8 Å². The average molecular weight is 308 g/mol. The van der Waals surface area contributed by atoms with Crippen molar-refractivity contribution in [2.75, 3.05) is 24.5 Å². The Morgan fingerprint density at radius 1 is 1.25 bits per heavy atom. The molecule has 1 aliphatic rings. The first-order valence-corrected chi connectivity index (χ1v) is 7.60. The van der Waals surface area contributed by atoms with E-state index >= 15 is 0 Å². The van der Waals surface area contributed by atoms with Gasteiger partial charge in [-0.1, -0.05) is 0 Å². The monoisotopic (exact) mass is 308 g/mol. The number of benzene rings is 1. The molecular formula is C12H15F3N2O2S. The topological polar surface area (TPSA) is 49.4 Å². The molecule has 20 heavy (non-hydrogen) atoms. The van der Waals surface area contributed by atoms with E-state index in [0.29, 0.717) is 0 Å². The summed E-state index contributed by atoms with van der Waals surface area (Å²) >= 11 is 0. The normalized spacial score (nSPS) is 21.0. The van der Waals surface area contributed by atoms with E-state index in [-0.39, 0.29) is 6.04 Å². The molecule has 1 aromatic carbocycles. The quantitative estimate of drug-likeness (QED) is 0.905. The minimum absolute atomic E-state index is 0.203. The Bertz CT molecular complexity index is 569. The van der Waals surface area contributed by atoms with Crippen molar-refractivity contribution in [1.29, 1.82) is 0 Å². The van der Waals surface area contributed by atoms with Gasteiger partial charge in [0.25, 0.3) is 9.84 Å². The smallest absolute Gasteiger partial charge is 0.366 e. The molecule has 1 N–H and O–H groups in total. The van der Waals surface area contributed by atoms with Crippen LogP contribution >= 0.6 is 0 Å². The van der Waals surface area contributed by atoms with Gasteiger partial charge in [0, 0.05) is 31.4 Å². The number of anilines is 1. The van der Waals surface area contributed by atoms with E-state index in [4.69, 9.17) is 0 Å². The summed E-state index contributed by atoms with van der Waals surface area (Å²) in [6.45, 7) is 4.29. The second-order valence-electron chi connectivity index (χ2n) is 4.69. The molecule has 1 heterocycles. The molecular weight excluding hydrogens is 293 g/mol. The maximum atomic E-state index is 12.4. The highest BCUT2D eigenvalue weighted by Crippen LogP contribution is 2.31. The molecule has 1 atom stereocenters. The van der Waals surface area contributed by atoms with Gasteiger partial charge in [-0.05, 0) is 31.2 Å². The van der Waals surface area contributed by atoms with Crippen LogP contribution < -0.4 is 10.2 Å². The van der Waals surface area contributed by atoms with E-state index in [2.05, 4.69) is 5.32 Å². The molecule has 8 heteroatoms. The highest BCUT2D eigenvalue weighted by Gasteiger charge is 2.46. The maximum absolute atomic E-state index is 12.4. The van der Waals surface area contributed by atoms with Crippen molar-refractivity contribution >= 4 is 15.5 Å². The fourth-order valence-corrected chi connectivity index (χ4v) is 2.94. The largest absolute Gasteiger partial charge is 0.501 e. The van der Waals surface area contributed by atoms with Crippen LogP contribution in [0.15, 0.2) is 29.2 Å². The van der Waals surface area contributed by atoms with Crippen LogP contribution in [0.2, 0.25) is 0 Å². The van der Waals surface area contributed by atoms with Crippen LogP contribution in [0, 0.1) is 0 Å². The maximum Gasteiger partial charge on any atom is 0.501 e. The zero-order chi connectivity index (χ0) is 15.0. The molecule has 0 aromatic heterocycles. The Kier molecular flexibility index (Phi) is 3.97. The Hall–Kier alpha value is -1.28. The Morgan fingerprint density at radius 3 is 2.35 bits per heavy atom. The third-order valence-electron chi connectivity index (χ3n) is 3.28. The summed E-state index contributed by atoms with van der Waals surface area (Å²) in [5.74, 6) is 0. The van der Waals surface area contributed by atoms with Crippen LogP contribution in [0.1, 0.15) is 6.92 Å². The first kappa shape index (κ1) is 15.1. The molecule has 0 radical (unpaired) electrons. The zero-order valence-corrected chi connectivity index (χ0v) is 11.6. The van der Waals surface area contributed by atoms with Crippen LogP contribution in [0.4, 0.5) is 18.9 Å². The van der Waals surface area contributed by atoms with Crippen LogP contribution in [-0.2, 0) is 9.84 Å². The standard InChI is InChI=1S/C12H15F3N2O2S/c1-9-8-16-6-7-17(9)10-2-4-11(5-3-10)20(18,19)12(13,14)15/h2-5,9,16H,6-8H2,1H3. The second kappa shape index (κ2) is 5.25. The van der Waals surface area contributed by atoms with E-state index in [1.165, 1.54) is 12.1 Å². The SMILES string of the molecule is CC1CNCCN1c1ccc(S(=O)(=O)C(F)(F)F)cc1. The number of alkyl halides is 3. The summed E-state index contributed by atoms with van der Waals surface area (Å²) in [7, 11) is -5.27. The first-order valence-electron chi connectivity index (χ1n) is 6.12. The second-order valence-corrected chi connectivity index (χ2v) is 6.63. The van der Waals surface area contributed by atoms with Crippen LogP contribution in [0.25, 0.3) is 0 Å². The van der Waals surface area contributed by atoms with Gasteiger partial charge >= 0.3 is 5.51 Å². The molecule has 112 valence electrons. The lowest BCUT2D eigenvalue weighted by Crippen LogP contribution is -2.49. The summed E-state index contributed by atoms with van der Waals surface area (Å²) in [5.41, 5.74) is -4.54. The fraction of sp³-hybridized carbons (Fsp3) is 0.500. The third-order valence-corrected chi connectivity index (χ3v) is 4.79. The van der Waals surface area contributed by atoms with Gasteiger partial charge in [0.05, 0.1) is 4.90 Å². The number of hydrogen-bond acceptors (Lipinski definition) is 4. The molecule has 0 bridgehead atoms. The van der Waals surface area contributed by atoms with Crippen molar-refractivity contribution in [3.63, 3.8) is 0 Å². The number of hydrogen-bond donors (Lipinski definition) is 1. The number of piperazine rings is 1. The van der Waals surface area contributed by atoms with Crippen molar-refractivity contribution in [3.8, 4) is 0 Å². The van der Waals surface area contributed by atoms with Crippen LogP contribution in [0.5, 0.6) is 0 Å². The predicted octanol–water partition coefficient (Wildman–Crippen LogP) is 1.78. The lowest BCUT2D eigenvalue weighted by Gasteiger charge is -2.36. The highest BCUT2D eigenvalue weighted by atomic mass is 32.2. The van der Waals surface area contributed by atoms with E-state index in [0.717, 1.165) is 37.5 Å². The zero-order valence-electron chi connectivity index (χ0n) is 10.8. The Balaban J connectivity index is 2.27. The average Bonchev–Trinajstić information content (AvgIpc) is 2.38. The number of sulfone groups is 1. The van der Waals surface area contributed by atoms with Gasteiger partial charge in [-0.25, -0.2) is 8.42 Å². The number of nitrogens with zero attached hydrogens (tertiary/aromatic N) is 1. The molecule has 1 saturated heterocycles. The summed E-state index contributed by atoms with van der Waals surface area (Å²) < 4.78 is 59.8. The van der Waals surface area contributed by atoms with Crippen molar-refractivity contribution in [2.24, 2.45) is 0 Å². The van der Waals surface area contributed by atoms with E-state index in [1.54, 1.807) is 0 Å². The molecule has 1 aliphatic heterocycles. The molecule has 1 unspecified atom stereocenters. The van der Waals surface area contributed by atoms with Crippen LogP contribution in [0.3, 0.4) is 0 Å². The van der Waals surface area contributed by atoms with Crippen LogP contribution in [-0.4, -0.2) is 39.6 Å². The van der Waals surface area contributed by atoms with E-state index < -0.39 is 20.2 Å². The van der Waals surface area contributed by atoms with Gasteiger partial charge in [-0.15, -0.1) is 0 Å². The summed E-state index contributed by atoms with van der Waals surface area (Å²) in [5, 5.41) is 3.20. The molecule has 0 saturated carbocycles. The molecule has 4 nitrogen and oxygen atoms in total. The van der Waals surface area contributed by atoms with Crippen molar-refractivity contribution in [1.82, 2.24) is 5.32 Å². The van der Waals surface area contributed by atoms with Crippen molar-refractivity contribution in [2.45, 2.75) is 23.4 Å². The van der Waals surface area contributed by atoms with Gasteiger partial charge in [-0.2, -0.15) is 13.2 Å². The molecule has 1 aromatic rings. The van der Waals surface area contributed by atoms with Gasteiger partial charge in [0.1, 0.15) is 0 Å². The lowest BCUT2D eigenvalue weighted by molar-refractivity contribution is -0.0436. The van der Waals surface area contributed by atoms with Gasteiger partial charge in [0.2, 0.25) is 0 Å².